The van der Waals surface area contributed by atoms with Crippen molar-refractivity contribution in [1.82, 2.24) is 10.2 Å². The Hall–Kier alpha value is -0.770. The van der Waals surface area contributed by atoms with Gasteiger partial charge in [-0.25, -0.2) is 0 Å². The second-order valence-corrected chi connectivity index (χ2v) is 9.95. The molecular formula is C21H34N2O6. The minimum Gasteiger partial charge on any atom is -0.480 e. The number of aliphatic hydroxyl groups excluding tert-OH is 2. The lowest BCUT2D eigenvalue weighted by Crippen LogP contribution is -2.78. The average Bonchev–Trinajstić information content (AvgIpc) is 3.06. The molecule has 10 atom stereocenters. The predicted molar refractivity (Wildman–Crippen MR) is 103 cm³/mol. The van der Waals surface area contributed by atoms with Crippen molar-refractivity contribution >= 4 is 5.97 Å². The average molecular weight is 411 g/mol. The minimum absolute atomic E-state index is 0.174. The van der Waals surface area contributed by atoms with Crippen LogP contribution in [0.2, 0.25) is 0 Å². The summed E-state index contributed by atoms with van der Waals surface area (Å²) in [6.45, 7) is 0.501. The van der Waals surface area contributed by atoms with E-state index >= 15 is 0 Å². The van der Waals surface area contributed by atoms with E-state index in [9.17, 15) is 20.1 Å². The number of likely N-dealkylation sites (tertiary alicyclic amines) is 1. The van der Waals surface area contributed by atoms with Gasteiger partial charge in [0.1, 0.15) is 6.04 Å². The summed E-state index contributed by atoms with van der Waals surface area (Å²) in [5.74, 6) is -0.314. The van der Waals surface area contributed by atoms with Crippen LogP contribution < -0.4 is 5.32 Å². The van der Waals surface area contributed by atoms with Crippen molar-refractivity contribution in [3.8, 4) is 0 Å². The number of methoxy groups -OCH3 is 1. The molecule has 1 spiro atoms. The Labute approximate surface area is 171 Å². The molecule has 5 aliphatic rings. The lowest BCUT2D eigenvalue weighted by atomic mass is 9.42. The van der Waals surface area contributed by atoms with Crippen molar-refractivity contribution < 1.29 is 29.6 Å². The summed E-state index contributed by atoms with van der Waals surface area (Å²) in [5.41, 5.74) is -0.573. The molecule has 8 heteroatoms. The number of aliphatic carboxylic acids is 1. The Morgan fingerprint density at radius 3 is 2.83 bits per heavy atom. The molecule has 164 valence electrons. The number of likely N-dealkylation sites (N-methyl/N-ethyl adjacent to an activating group) is 1. The lowest BCUT2D eigenvalue weighted by Gasteiger charge is -2.69. The first-order chi connectivity index (χ1) is 13.9. The number of nitrogens with zero attached hydrogens (tertiary/aromatic N) is 1. The molecule has 2 heterocycles. The molecule has 0 radical (unpaired) electrons. The minimum atomic E-state index is -1.05. The second-order valence-electron chi connectivity index (χ2n) is 9.95. The fraction of sp³-hybridized carbons (Fsp3) is 0.952. The van der Waals surface area contributed by atoms with Crippen LogP contribution in [0.1, 0.15) is 38.5 Å². The van der Waals surface area contributed by atoms with Gasteiger partial charge in [-0.05, 0) is 58.0 Å². The summed E-state index contributed by atoms with van der Waals surface area (Å²) in [6.07, 6.45) is 4.43. The van der Waals surface area contributed by atoms with Gasteiger partial charge in [0.2, 0.25) is 0 Å². The number of hydrogen-bond donors (Lipinski definition) is 4. The van der Waals surface area contributed by atoms with Crippen molar-refractivity contribution in [2.24, 2.45) is 17.3 Å². The van der Waals surface area contributed by atoms with Crippen LogP contribution in [0.4, 0.5) is 0 Å². The first-order valence-electron chi connectivity index (χ1n) is 11.1. The quantitative estimate of drug-likeness (QED) is 0.494. The molecule has 2 saturated heterocycles. The maximum absolute atomic E-state index is 11.6. The molecule has 0 amide bonds. The maximum atomic E-state index is 11.6. The highest BCUT2D eigenvalue weighted by Crippen LogP contribution is 2.70. The molecule has 0 aromatic heterocycles. The molecule has 0 aromatic carbocycles. The number of carboxylic acid groups (broad SMARTS) is 1. The number of ether oxygens (including phenoxy) is 2. The number of aliphatic hydroxyl groups is 2. The Bertz CT molecular complexity index is 678. The van der Waals surface area contributed by atoms with E-state index in [0.29, 0.717) is 12.0 Å². The predicted octanol–water partition coefficient (Wildman–Crippen LogP) is -0.182. The van der Waals surface area contributed by atoms with Crippen molar-refractivity contribution in [3.05, 3.63) is 0 Å². The van der Waals surface area contributed by atoms with Crippen LogP contribution >= 0.6 is 0 Å². The van der Waals surface area contributed by atoms with Crippen LogP contribution in [0.25, 0.3) is 0 Å². The Morgan fingerprint density at radius 1 is 1.34 bits per heavy atom. The van der Waals surface area contributed by atoms with E-state index in [2.05, 4.69) is 17.3 Å². The third-order valence-corrected chi connectivity index (χ3v) is 9.20. The molecule has 2 aliphatic heterocycles. The highest BCUT2D eigenvalue weighted by Gasteiger charge is 2.78. The SMILES string of the molecule is CO[C@]12CC[C@@H](N[C@@H](CO)C(=O)O)[C@@H]3OC4C(O)CCC5CC1N(C)CC[C@]32C54. The summed E-state index contributed by atoms with van der Waals surface area (Å²) in [7, 11) is 4.01. The van der Waals surface area contributed by atoms with E-state index in [1.807, 2.05) is 7.11 Å². The molecule has 29 heavy (non-hydrogen) atoms. The second kappa shape index (κ2) is 6.87. The van der Waals surface area contributed by atoms with E-state index in [4.69, 9.17) is 9.47 Å². The number of carbonyl (C=O) groups is 1. The fourth-order valence-corrected chi connectivity index (χ4v) is 8.19. The molecular weight excluding hydrogens is 376 g/mol. The van der Waals surface area contributed by atoms with Crippen molar-refractivity contribution in [3.63, 3.8) is 0 Å². The summed E-state index contributed by atoms with van der Waals surface area (Å²) in [4.78, 5) is 14.0. The molecule has 5 unspecified atom stereocenters. The molecule has 5 rings (SSSR count). The highest BCUT2D eigenvalue weighted by molar-refractivity contribution is 5.73. The van der Waals surface area contributed by atoms with Gasteiger partial charge in [0, 0.05) is 30.5 Å². The number of piperidine rings is 1. The zero-order valence-electron chi connectivity index (χ0n) is 17.3. The van der Waals surface area contributed by atoms with Crippen LogP contribution in [-0.4, -0.2) is 95.5 Å². The molecule has 3 aliphatic carbocycles. The van der Waals surface area contributed by atoms with Gasteiger partial charge in [-0.15, -0.1) is 0 Å². The van der Waals surface area contributed by atoms with E-state index in [0.717, 1.165) is 45.1 Å². The Morgan fingerprint density at radius 2 is 2.14 bits per heavy atom. The van der Waals surface area contributed by atoms with Crippen molar-refractivity contribution in [2.45, 2.75) is 80.6 Å². The van der Waals surface area contributed by atoms with Gasteiger partial charge in [0.15, 0.2) is 0 Å². The fourth-order valence-electron chi connectivity index (χ4n) is 8.19. The van der Waals surface area contributed by atoms with Gasteiger partial charge >= 0.3 is 5.97 Å². The highest BCUT2D eigenvalue weighted by atomic mass is 16.5. The molecule has 2 bridgehead atoms. The molecule has 0 aromatic rings. The first kappa shape index (κ1) is 20.2. The normalized spacial score (nSPS) is 52.1. The monoisotopic (exact) mass is 410 g/mol. The molecule has 8 nitrogen and oxygen atoms in total. The molecule has 4 N–H and O–H groups in total. The van der Waals surface area contributed by atoms with E-state index < -0.39 is 24.7 Å². The lowest BCUT2D eigenvalue weighted by molar-refractivity contribution is -0.269. The van der Waals surface area contributed by atoms with E-state index in [1.165, 1.54) is 0 Å². The third-order valence-electron chi connectivity index (χ3n) is 9.20. The Balaban J connectivity index is 1.59. The molecule has 3 saturated carbocycles. The van der Waals surface area contributed by atoms with Crippen LogP contribution in [0.3, 0.4) is 0 Å². The van der Waals surface area contributed by atoms with E-state index in [-0.39, 0.29) is 35.2 Å². The van der Waals surface area contributed by atoms with Crippen LogP contribution in [0.15, 0.2) is 0 Å². The van der Waals surface area contributed by atoms with Gasteiger partial charge in [-0.3, -0.25) is 10.1 Å². The molecule has 5 fully saturated rings. The Kier molecular flexibility index (Phi) is 4.77. The number of carboxylic acids is 1. The largest absolute Gasteiger partial charge is 0.480 e. The summed E-state index contributed by atoms with van der Waals surface area (Å²) >= 11 is 0. The van der Waals surface area contributed by atoms with Crippen LogP contribution in [0, 0.1) is 17.3 Å². The van der Waals surface area contributed by atoms with Crippen molar-refractivity contribution in [1.29, 1.82) is 0 Å². The standard InChI is InChI=1S/C21H34N2O6/c1-23-8-7-20-16-11-3-4-14(25)17(16)29-18(20)12(22-13(10-24)19(26)27)5-6-21(20,28-2)15(23)9-11/h11-18,22,24-25H,3-10H2,1-2H3,(H,26,27)/t11?,12-,13+,14?,15?,16?,17?,18+,20+,21-/m1/s1. The first-order valence-corrected chi connectivity index (χ1v) is 11.1. The summed E-state index contributed by atoms with van der Waals surface area (Å²) in [6, 6.07) is -0.868. The van der Waals surface area contributed by atoms with Gasteiger partial charge in [0.25, 0.3) is 0 Å². The summed E-state index contributed by atoms with van der Waals surface area (Å²) < 4.78 is 13.1. The van der Waals surface area contributed by atoms with Crippen molar-refractivity contribution in [2.75, 3.05) is 27.3 Å². The van der Waals surface area contributed by atoms with Gasteiger partial charge in [-0.1, -0.05) is 0 Å². The van der Waals surface area contributed by atoms with Crippen LogP contribution in [0.5, 0.6) is 0 Å². The zero-order valence-corrected chi connectivity index (χ0v) is 17.3. The third kappa shape index (κ3) is 2.44. The van der Waals surface area contributed by atoms with Gasteiger partial charge in [-0.2, -0.15) is 0 Å². The van der Waals surface area contributed by atoms with Crippen LogP contribution in [-0.2, 0) is 14.3 Å². The topological polar surface area (TPSA) is 111 Å². The summed E-state index contributed by atoms with van der Waals surface area (Å²) in [5, 5.41) is 33.1. The maximum Gasteiger partial charge on any atom is 0.323 e. The number of nitrogens with one attached hydrogen (secondary N) is 1. The number of hydrogen-bond acceptors (Lipinski definition) is 7. The van der Waals surface area contributed by atoms with Gasteiger partial charge < -0.3 is 29.7 Å². The van der Waals surface area contributed by atoms with Gasteiger partial charge in [0.05, 0.1) is 30.5 Å². The smallest absolute Gasteiger partial charge is 0.323 e. The number of rotatable bonds is 5. The zero-order chi connectivity index (χ0) is 20.6. The van der Waals surface area contributed by atoms with E-state index in [1.54, 1.807) is 0 Å².